The zero-order valence-corrected chi connectivity index (χ0v) is 14.6. The fourth-order valence-corrected chi connectivity index (χ4v) is 3.51. The molecule has 0 aromatic heterocycles. The van der Waals surface area contributed by atoms with Gasteiger partial charge in [0.15, 0.2) is 5.78 Å². The Morgan fingerprint density at radius 2 is 1.85 bits per heavy atom. The smallest absolute Gasteiger partial charge is 0.194 e. The summed E-state index contributed by atoms with van der Waals surface area (Å²) in [5, 5.41) is 0. The van der Waals surface area contributed by atoms with Gasteiger partial charge in [-0.15, -0.1) is 0 Å². The molecule has 0 amide bonds. The van der Waals surface area contributed by atoms with E-state index >= 15 is 0 Å². The lowest BCUT2D eigenvalue weighted by atomic mass is 9.77. The molecule has 0 bridgehead atoms. The molecule has 0 aliphatic heterocycles. The van der Waals surface area contributed by atoms with Crippen LogP contribution in [0.25, 0.3) is 0 Å². The van der Waals surface area contributed by atoms with Gasteiger partial charge in [-0.1, -0.05) is 46.6 Å². The van der Waals surface area contributed by atoms with E-state index in [-0.39, 0.29) is 5.78 Å². The largest absolute Gasteiger partial charge is 0.289 e. The first kappa shape index (κ1) is 14.3. The first-order valence-corrected chi connectivity index (χ1v) is 8.62. The van der Waals surface area contributed by atoms with Crippen molar-refractivity contribution < 1.29 is 4.79 Å². The van der Waals surface area contributed by atoms with Crippen molar-refractivity contribution in [3.05, 3.63) is 67.2 Å². The van der Waals surface area contributed by atoms with Crippen molar-refractivity contribution in [2.45, 2.75) is 25.2 Å². The number of rotatable bonds is 3. The van der Waals surface area contributed by atoms with Gasteiger partial charge in [0.25, 0.3) is 0 Å². The molecule has 0 spiro atoms. The Morgan fingerprint density at radius 3 is 2.55 bits per heavy atom. The van der Waals surface area contributed by atoms with Gasteiger partial charge in [-0.2, -0.15) is 0 Å². The summed E-state index contributed by atoms with van der Waals surface area (Å²) in [6.07, 6.45) is 3.69. The summed E-state index contributed by atoms with van der Waals surface area (Å²) in [5.74, 6) is 0.689. The van der Waals surface area contributed by atoms with E-state index in [1.165, 1.54) is 24.8 Å². The van der Waals surface area contributed by atoms with Crippen LogP contribution in [-0.2, 0) is 0 Å². The lowest BCUT2D eigenvalue weighted by Crippen LogP contribution is -2.14. The Balaban J connectivity index is 2.04. The highest BCUT2D eigenvalue weighted by Crippen LogP contribution is 2.38. The van der Waals surface area contributed by atoms with Crippen LogP contribution in [0, 0.1) is 3.57 Å². The number of ketones is 1. The SMILES string of the molecule is O=C(c1cc(I)ccc1Br)c1ccccc1C1CCC1. The van der Waals surface area contributed by atoms with Crippen molar-refractivity contribution >= 4 is 44.3 Å². The molecule has 1 saturated carbocycles. The second kappa shape index (κ2) is 5.98. The van der Waals surface area contributed by atoms with E-state index in [1.807, 2.05) is 36.4 Å². The number of benzene rings is 2. The van der Waals surface area contributed by atoms with Gasteiger partial charge in [0.1, 0.15) is 0 Å². The number of carbonyl (C=O) groups excluding carboxylic acids is 1. The Labute approximate surface area is 141 Å². The summed E-state index contributed by atoms with van der Waals surface area (Å²) in [5.41, 5.74) is 2.83. The summed E-state index contributed by atoms with van der Waals surface area (Å²) >= 11 is 5.74. The third-order valence-electron chi connectivity index (χ3n) is 3.92. The first-order valence-electron chi connectivity index (χ1n) is 6.75. The van der Waals surface area contributed by atoms with Crippen LogP contribution in [0.15, 0.2) is 46.9 Å². The predicted octanol–water partition coefficient (Wildman–Crippen LogP) is 5.55. The Morgan fingerprint density at radius 1 is 1.10 bits per heavy atom. The summed E-state index contributed by atoms with van der Waals surface area (Å²) in [6, 6.07) is 14.0. The predicted molar refractivity (Wildman–Crippen MR) is 93.3 cm³/mol. The molecule has 0 atom stereocenters. The van der Waals surface area contributed by atoms with Gasteiger partial charge in [0, 0.05) is 19.2 Å². The molecular weight excluding hydrogens is 427 g/mol. The summed E-state index contributed by atoms with van der Waals surface area (Å²) < 4.78 is 1.95. The Hall–Kier alpha value is -0.680. The summed E-state index contributed by atoms with van der Waals surface area (Å²) in [7, 11) is 0. The maximum Gasteiger partial charge on any atom is 0.194 e. The van der Waals surface area contributed by atoms with Crippen LogP contribution in [0.4, 0.5) is 0 Å². The molecule has 2 aromatic carbocycles. The van der Waals surface area contributed by atoms with Crippen LogP contribution in [0.2, 0.25) is 0 Å². The molecule has 1 aliphatic rings. The van der Waals surface area contributed by atoms with Crippen molar-refractivity contribution in [3.63, 3.8) is 0 Å². The van der Waals surface area contributed by atoms with E-state index in [4.69, 9.17) is 0 Å². The van der Waals surface area contributed by atoms with Gasteiger partial charge in [0.2, 0.25) is 0 Å². The highest BCUT2D eigenvalue weighted by atomic mass is 127. The number of halogens is 2. The minimum atomic E-state index is 0.123. The molecule has 102 valence electrons. The van der Waals surface area contributed by atoms with Crippen LogP contribution >= 0.6 is 38.5 Å². The first-order chi connectivity index (χ1) is 9.66. The number of hydrogen-bond donors (Lipinski definition) is 0. The van der Waals surface area contributed by atoms with Crippen molar-refractivity contribution in [1.29, 1.82) is 0 Å². The normalized spacial score (nSPS) is 14.9. The zero-order valence-electron chi connectivity index (χ0n) is 10.9. The van der Waals surface area contributed by atoms with E-state index in [0.29, 0.717) is 5.92 Å². The minimum Gasteiger partial charge on any atom is -0.289 e. The molecule has 0 unspecified atom stereocenters. The van der Waals surface area contributed by atoms with Gasteiger partial charge >= 0.3 is 0 Å². The minimum absolute atomic E-state index is 0.123. The fourth-order valence-electron chi connectivity index (χ4n) is 2.60. The van der Waals surface area contributed by atoms with Crippen LogP contribution < -0.4 is 0 Å². The average Bonchev–Trinajstić information content (AvgIpc) is 2.39. The van der Waals surface area contributed by atoms with E-state index in [2.05, 4.69) is 44.6 Å². The lowest BCUT2D eigenvalue weighted by Gasteiger charge is -2.27. The molecule has 0 saturated heterocycles. The van der Waals surface area contributed by atoms with Crippen molar-refractivity contribution in [3.8, 4) is 0 Å². The van der Waals surface area contributed by atoms with Crippen molar-refractivity contribution in [2.75, 3.05) is 0 Å². The second-order valence-electron chi connectivity index (χ2n) is 5.17. The highest BCUT2D eigenvalue weighted by Gasteiger charge is 2.25. The van der Waals surface area contributed by atoms with Crippen molar-refractivity contribution in [2.24, 2.45) is 0 Å². The molecule has 1 aliphatic carbocycles. The third-order valence-corrected chi connectivity index (χ3v) is 5.29. The Bertz CT molecular complexity index is 662. The van der Waals surface area contributed by atoms with E-state index in [1.54, 1.807) is 0 Å². The van der Waals surface area contributed by atoms with Crippen molar-refractivity contribution in [1.82, 2.24) is 0 Å². The molecule has 0 heterocycles. The third kappa shape index (κ3) is 2.70. The molecule has 1 fully saturated rings. The molecule has 3 heteroatoms. The quantitative estimate of drug-likeness (QED) is 0.451. The van der Waals surface area contributed by atoms with Crippen LogP contribution in [-0.4, -0.2) is 5.78 Å². The van der Waals surface area contributed by atoms with E-state index < -0.39 is 0 Å². The van der Waals surface area contributed by atoms with Crippen LogP contribution in [0.3, 0.4) is 0 Å². The average molecular weight is 441 g/mol. The molecule has 0 radical (unpaired) electrons. The zero-order chi connectivity index (χ0) is 14.1. The van der Waals surface area contributed by atoms with Crippen LogP contribution in [0.1, 0.15) is 46.7 Å². The van der Waals surface area contributed by atoms with Gasteiger partial charge in [-0.05, 0) is 65.1 Å². The monoisotopic (exact) mass is 440 g/mol. The fraction of sp³-hybridized carbons (Fsp3) is 0.235. The summed E-state index contributed by atoms with van der Waals surface area (Å²) in [4.78, 5) is 12.9. The van der Waals surface area contributed by atoms with E-state index in [0.717, 1.165) is 19.2 Å². The standard InChI is InChI=1S/C17H14BrIO/c18-16-9-8-12(19)10-15(16)17(20)14-7-2-1-6-13(14)11-4-3-5-11/h1-2,6-11H,3-5H2. The van der Waals surface area contributed by atoms with Gasteiger partial charge in [0.05, 0.1) is 0 Å². The molecular formula is C17H14BrIO. The maximum absolute atomic E-state index is 12.9. The molecule has 0 N–H and O–H groups in total. The highest BCUT2D eigenvalue weighted by molar-refractivity contribution is 14.1. The molecule has 2 aromatic rings. The van der Waals surface area contributed by atoms with Gasteiger partial charge in [-0.3, -0.25) is 4.79 Å². The van der Waals surface area contributed by atoms with Crippen LogP contribution in [0.5, 0.6) is 0 Å². The molecule has 20 heavy (non-hydrogen) atoms. The topological polar surface area (TPSA) is 17.1 Å². The number of carbonyl (C=O) groups is 1. The molecule has 3 rings (SSSR count). The molecule has 1 nitrogen and oxygen atoms in total. The van der Waals surface area contributed by atoms with Gasteiger partial charge in [-0.25, -0.2) is 0 Å². The van der Waals surface area contributed by atoms with Gasteiger partial charge < -0.3 is 0 Å². The summed E-state index contributed by atoms with van der Waals surface area (Å²) in [6.45, 7) is 0. The second-order valence-corrected chi connectivity index (χ2v) is 7.27. The lowest BCUT2D eigenvalue weighted by molar-refractivity contribution is 0.103. The maximum atomic E-state index is 12.9. The Kier molecular flexibility index (Phi) is 4.26. The number of hydrogen-bond acceptors (Lipinski definition) is 1. The van der Waals surface area contributed by atoms with E-state index in [9.17, 15) is 4.79 Å².